The van der Waals surface area contributed by atoms with Crippen LogP contribution in [0.3, 0.4) is 0 Å². The van der Waals surface area contributed by atoms with Crippen molar-refractivity contribution in [2.45, 2.75) is 18.3 Å². The second-order valence-electron chi connectivity index (χ2n) is 3.78. The lowest BCUT2D eigenvalue weighted by atomic mass is 9.95. The summed E-state index contributed by atoms with van der Waals surface area (Å²) >= 11 is 0. The smallest absolute Gasteiger partial charge is 0.194 e. The van der Waals surface area contributed by atoms with Gasteiger partial charge in [0.2, 0.25) is 0 Å². The predicted octanol–water partition coefficient (Wildman–Crippen LogP) is 1.23. The number of hydrogen-bond donors (Lipinski definition) is 3. The molecule has 0 aromatic heterocycles. The molecule has 0 spiro atoms. The van der Waals surface area contributed by atoms with Crippen LogP contribution in [0, 0.1) is 5.82 Å². The van der Waals surface area contributed by atoms with Gasteiger partial charge in [-0.2, -0.15) is 0 Å². The van der Waals surface area contributed by atoms with E-state index >= 15 is 0 Å². The Morgan fingerprint density at radius 3 is 2.50 bits per heavy atom. The minimum atomic E-state index is -0.743. The maximum Gasteiger partial charge on any atom is 0.194 e. The van der Waals surface area contributed by atoms with Gasteiger partial charge in [-0.1, -0.05) is 6.07 Å². The van der Waals surface area contributed by atoms with Crippen molar-refractivity contribution in [3.8, 4) is 11.5 Å². The van der Waals surface area contributed by atoms with E-state index < -0.39 is 17.3 Å². The number of rotatable bonds is 2. The molecule has 0 radical (unpaired) electrons. The lowest BCUT2D eigenvalue weighted by molar-refractivity contribution is 0.374. The number of phenols is 2. The maximum atomic E-state index is 13.5. The molecule has 14 heavy (non-hydrogen) atoms. The van der Waals surface area contributed by atoms with E-state index in [0.29, 0.717) is 12.1 Å². The summed E-state index contributed by atoms with van der Waals surface area (Å²) in [5.41, 5.74) is 5.65. The molecule has 1 aliphatic carbocycles. The topological polar surface area (TPSA) is 66.5 Å². The molecule has 1 aliphatic rings. The minimum absolute atomic E-state index is 0.310. The van der Waals surface area contributed by atoms with Gasteiger partial charge in [-0.25, -0.2) is 4.39 Å². The van der Waals surface area contributed by atoms with Crippen molar-refractivity contribution in [1.82, 2.24) is 0 Å². The van der Waals surface area contributed by atoms with Gasteiger partial charge in [0, 0.05) is 12.0 Å². The molecule has 0 aliphatic heterocycles. The van der Waals surface area contributed by atoms with Gasteiger partial charge in [0.05, 0.1) is 0 Å². The van der Waals surface area contributed by atoms with Crippen LogP contribution in [-0.2, 0) is 5.41 Å². The molecule has 0 amide bonds. The Morgan fingerprint density at radius 2 is 2.00 bits per heavy atom. The third-order valence-electron chi connectivity index (χ3n) is 2.91. The van der Waals surface area contributed by atoms with Gasteiger partial charge in [0.25, 0.3) is 0 Å². The van der Waals surface area contributed by atoms with Crippen molar-refractivity contribution < 1.29 is 14.6 Å². The first-order valence-corrected chi connectivity index (χ1v) is 4.52. The lowest BCUT2D eigenvalue weighted by Gasteiger charge is -2.14. The summed E-state index contributed by atoms with van der Waals surface area (Å²) in [5.74, 6) is -1.85. The summed E-state index contributed by atoms with van der Waals surface area (Å²) in [6.45, 7) is 0.369. The average molecular weight is 197 g/mol. The molecule has 76 valence electrons. The van der Waals surface area contributed by atoms with Crippen LogP contribution in [-0.4, -0.2) is 16.8 Å². The Labute approximate surface area is 81.0 Å². The van der Waals surface area contributed by atoms with Gasteiger partial charge >= 0.3 is 0 Å². The lowest BCUT2D eigenvalue weighted by Crippen LogP contribution is -2.20. The summed E-state index contributed by atoms with van der Waals surface area (Å²) in [4.78, 5) is 0. The number of halogens is 1. The van der Waals surface area contributed by atoms with Crippen LogP contribution in [0.25, 0.3) is 0 Å². The van der Waals surface area contributed by atoms with E-state index in [2.05, 4.69) is 0 Å². The number of benzene rings is 1. The van der Waals surface area contributed by atoms with Crippen molar-refractivity contribution in [3.05, 3.63) is 23.5 Å². The fraction of sp³-hybridized carbons (Fsp3) is 0.400. The standard InChI is InChI=1S/C10H12FNO2/c11-8-6(10(5-12)3-4-10)1-2-7(13)9(8)14/h1-2,13-14H,3-5,12H2. The summed E-state index contributed by atoms with van der Waals surface area (Å²) in [7, 11) is 0. The van der Waals surface area contributed by atoms with E-state index in [1.807, 2.05) is 0 Å². The van der Waals surface area contributed by atoms with Gasteiger partial charge in [0.1, 0.15) is 0 Å². The van der Waals surface area contributed by atoms with Crippen LogP contribution in [0.15, 0.2) is 12.1 Å². The third kappa shape index (κ3) is 1.14. The second-order valence-corrected chi connectivity index (χ2v) is 3.78. The van der Waals surface area contributed by atoms with Gasteiger partial charge in [0.15, 0.2) is 17.3 Å². The molecule has 1 aromatic carbocycles. The zero-order chi connectivity index (χ0) is 10.3. The zero-order valence-corrected chi connectivity index (χ0v) is 7.63. The van der Waals surface area contributed by atoms with Crippen molar-refractivity contribution >= 4 is 0 Å². The predicted molar refractivity (Wildman–Crippen MR) is 49.7 cm³/mol. The molecule has 0 unspecified atom stereocenters. The summed E-state index contributed by atoms with van der Waals surface area (Å²) in [5, 5.41) is 18.3. The second kappa shape index (κ2) is 2.85. The zero-order valence-electron chi connectivity index (χ0n) is 7.63. The van der Waals surface area contributed by atoms with E-state index in [1.54, 1.807) is 0 Å². The fourth-order valence-electron chi connectivity index (χ4n) is 1.70. The molecule has 2 rings (SSSR count). The number of hydrogen-bond acceptors (Lipinski definition) is 3. The van der Waals surface area contributed by atoms with Gasteiger partial charge in [-0.15, -0.1) is 0 Å². The monoisotopic (exact) mass is 197 g/mol. The van der Waals surface area contributed by atoms with Crippen molar-refractivity contribution in [1.29, 1.82) is 0 Å². The Kier molecular flexibility index (Phi) is 1.89. The highest BCUT2D eigenvalue weighted by molar-refractivity contribution is 5.46. The van der Waals surface area contributed by atoms with E-state index in [1.165, 1.54) is 12.1 Å². The first kappa shape index (κ1) is 9.27. The van der Waals surface area contributed by atoms with Crippen molar-refractivity contribution in [2.75, 3.05) is 6.54 Å². The van der Waals surface area contributed by atoms with E-state index in [4.69, 9.17) is 10.8 Å². The highest BCUT2D eigenvalue weighted by Gasteiger charge is 2.45. The molecular weight excluding hydrogens is 185 g/mol. The summed E-state index contributed by atoms with van der Waals surface area (Å²) in [6, 6.07) is 2.79. The van der Waals surface area contributed by atoms with E-state index in [0.717, 1.165) is 12.8 Å². The SMILES string of the molecule is NCC1(c2ccc(O)c(O)c2F)CC1. The third-order valence-corrected chi connectivity index (χ3v) is 2.91. The van der Waals surface area contributed by atoms with Gasteiger partial charge in [-0.3, -0.25) is 0 Å². The number of nitrogens with two attached hydrogens (primary N) is 1. The molecule has 1 aromatic rings. The van der Waals surface area contributed by atoms with Crippen LogP contribution in [0.1, 0.15) is 18.4 Å². The molecule has 0 heterocycles. The van der Waals surface area contributed by atoms with Crippen molar-refractivity contribution in [2.24, 2.45) is 5.73 Å². The molecule has 3 nitrogen and oxygen atoms in total. The Morgan fingerprint density at radius 1 is 1.36 bits per heavy atom. The number of aromatic hydroxyl groups is 2. The van der Waals surface area contributed by atoms with E-state index in [9.17, 15) is 9.50 Å². The first-order valence-electron chi connectivity index (χ1n) is 4.52. The van der Waals surface area contributed by atoms with Crippen LogP contribution >= 0.6 is 0 Å². The molecular formula is C10H12FNO2. The van der Waals surface area contributed by atoms with Gasteiger partial charge < -0.3 is 15.9 Å². The summed E-state index contributed by atoms with van der Waals surface area (Å²) in [6.07, 6.45) is 1.68. The molecule has 4 heteroatoms. The molecule has 0 bridgehead atoms. The van der Waals surface area contributed by atoms with Crippen LogP contribution in [0.5, 0.6) is 11.5 Å². The largest absolute Gasteiger partial charge is 0.504 e. The molecule has 4 N–H and O–H groups in total. The average Bonchev–Trinajstić information content (AvgIpc) is 2.95. The Hall–Kier alpha value is -1.29. The van der Waals surface area contributed by atoms with Gasteiger partial charge in [-0.05, 0) is 24.5 Å². The fourth-order valence-corrected chi connectivity index (χ4v) is 1.70. The van der Waals surface area contributed by atoms with Crippen LogP contribution in [0.4, 0.5) is 4.39 Å². The molecule has 1 saturated carbocycles. The molecule has 0 atom stereocenters. The Balaban J connectivity index is 2.50. The maximum absolute atomic E-state index is 13.5. The highest BCUT2D eigenvalue weighted by atomic mass is 19.1. The quantitative estimate of drug-likeness (QED) is 0.624. The molecule has 1 fully saturated rings. The summed E-state index contributed by atoms with van der Waals surface area (Å²) < 4.78 is 13.5. The normalized spacial score (nSPS) is 18.1. The van der Waals surface area contributed by atoms with E-state index in [-0.39, 0.29) is 5.41 Å². The number of phenolic OH excluding ortho intramolecular Hbond substituents is 2. The van der Waals surface area contributed by atoms with Crippen LogP contribution < -0.4 is 5.73 Å². The highest BCUT2D eigenvalue weighted by Crippen LogP contribution is 2.50. The molecule has 0 saturated heterocycles. The minimum Gasteiger partial charge on any atom is -0.504 e. The first-order chi connectivity index (χ1) is 6.60. The van der Waals surface area contributed by atoms with Crippen molar-refractivity contribution in [3.63, 3.8) is 0 Å². The van der Waals surface area contributed by atoms with Crippen LogP contribution in [0.2, 0.25) is 0 Å². The Bertz CT molecular complexity index is 375.